The van der Waals surface area contributed by atoms with Crippen molar-refractivity contribution in [2.45, 2.75) is 258 Å². The quantitative estimate of drug-likeness (QED) is 0.0263. The van der Waals surface area contributed by atoms with Gasteiger partial charge in [-0.25, -0.2) is 0 Å². The molecule has 352 valence electrons. The predicted octanol–water partition coefficient (Wildman–Crippen LogP) is 16.9. The smallest absolute Gasteiger partial charge is 0.306 e. The van der Waals surface area contributed by atoms with E-state index in [0.717, 1.165) is 103 Å². The molecule has 0 fully saturated rings. The fourth-order valence-electron chi connectivity index (χ4n) is 7.13. The third-order valence-electron chi connectivity index (χ3n) is 11.0. The molecule has 0 aliphatic heterocycles. The van der Waals surface area contributed by atoms with Crippen molar-refractivity contribution in [2.75, 3.05) is 13.2 Å². The van der Waals surface area contributed by atoms with Crippen LogP contribution in [0.25, 0.3) is 0 Å². The molecule has 0 saturated heterocycles. The molecule has 0 saturated carbocycles. The van der Waals surface area contributed by atoms with E-state index in [1.807, 2.05) is 0 Å². The molecule has 0 aromatic rings. The molecule has 0 rings (SSSR count). The first-order valence-corrected chi connectivity index (χ1v) is 25.8. The fraction of sp³-hybridized carbons (Fsp3) is 0.764. The van der Waals surface area contributed by atoms with Crippen LogP contribution >= 0.6 is 0 Å². The van der Waals surface area contributed by atoms with E-state index in [1.165, 1.54) is 109 Å². The maximum Gasteiger partial charge on any atom is 0.306 e. The Balaban J connectivity index is 4.40. The number of rotatable bonds is 46. The highest BCUT2D eigenvalue weighted by Crippen LogP contribution is 2.15. The van der Waals surface area contributed by atoms with E-state index in [4.69, 9.17) is 14.2 Å². The van der Waals surface area contributed by atoms with Gasteiger partial charge >= 0.3 is 17.9 Å². The van der Waals surface area contributed by atoms with Gasteiger partial charge in [0.15, 0.2) is 6.10 Å². The highest BCUT2D eigenvalue weighted by Gasteiger charge is 2.19. The Hall–Kier alpha value is -2.89. The molecule has 6 heteroatoms. The lowest BCUT2D eigenvalue weighted by molar-refractivity contribution is -0.167. The van der Waals surface area contributed by atoms with Crippen molar-refractivity contribution in [1.29, 1.82) is 0 Å². The Morgan fingerprint density at radius 3 is 1.03 bits per heavy atom. The molecule has 0 heterocycles. The summed E-state index contributed by atoms with van der Waals surface area (Å²) in [5.41, 5.74) is 0. The van der Waals surface area contributed by atoms with Crippen LogP contribution < -0.4 is 0 Å². The van der Waals surface area contributed by atoms with Crippen LogP contribution in [0.3, 0.4) is 0 Å². The van der Waals surface area contributed by atoms with Crippen molar-refractivity contribution in [3.63, 3.8) is 0 Å². The van der Waals surface area contributed by atoms with Crippen LogP contribution in [0.4, 0.5) is 0 Å². The number of ether oxygens (including phenoxy) is 3. The van der Waals surface area contributed by atoms with Crippen molar-refractivity contribution in [1.82, 2.24) is 0 Å². The average Bonchev–Trinajstić information content (AvgIpc) is 3.26. The minimum absolute atomic E-state index is 0.0843. The second-order valence-corrected chi connectivity index (χ2v) is 17.1. The lowest BCUT2D eigenvalue weighted by Gasteiger charge is -2.18. The molecule has 61 heavy (non-hydrogen) atoms. The van der Waals surface area contributed by atoms with Gasteiger partial charge in [-0.3, -0.25) is 14.4 Å². The lowest BCUT2D eigenvalue weighted by Crippen LogP contribution is -2.30. The van der Waals surface area contributed by atoms with Gasteiger partial charge in [0.25, 0.3) is 0 Å². The molecule has 0 spiro atoms. The van der Waals surface area contributed by atoms with E-state index >= 15 is 0 Å². The summed E-state index contributed by atoms with van der Waals surface area (Å²) in [6.45, 7) is 6.48. The zero-order valence-electron chi connectivity index (χ0n) is 40.2. The summed E-state index contributed by atoms with van der Waals surface area (Å²) in [6, 6.07) is 0. The Bertz CT molecular complexity index is 1120. The van der Waals surface area contributed by atoms with Gasteiger partial charge in [-0.2, -0.15) is 0 Å². The number of carbonyl (C=O) groups is 3. The van der Waals surface area contributed by atoms with Gasteiger partial charge < -0.3 is 14.2 Å². The van der Waals surface area contributed by atoms with E-state index in [0.29, 0.717) is 19.3 Å². The fourth-order valence-corrected chi connectivity index (χ4v) is 7.13. The Morgan fingerprint density at radius 2 is 0.639 bits per heavy atom. The van der Waals surface area contributed by atoms with E-state index < -0.39 is 6.10 Å². The summed E-state index contributed by atoms with van der Waals surface area (Å²) < 4.78 is 16.8. The first-order valence-electron chi connectivity index (χ1n) is 25.8. The predicted molar refractivity (Wildman–Crippen MR) is 261 cm³/mol. The van der Waals surface area contributed by atoms with Gasteiger partial charge in [-0.15, -0.1) is 0 Å². The Morgan fingerprint density at radius 1 is 0.344 bits per heavy atom. The zero-order chi connectivity index (χ0) is 44.4. The van der Waals surface area contributed by atoms with Crippen LogP contribution in [0.15, 0.2) is 60.8 Å². The van der Waals surface area contributed by atoms with E-state index in [1.54, 1.807) is 0 Å². The Labute approximate surface area is 377 Å². The summed E-state index contributed by atoms with van der Waals surface area (Å²) in [5.74, 6) is -0.911. The van der Waals surface area contributed by atoms with Crippen LogP contribution in [0.5, 0.6) is 0 Å². The van der Waals surface area contributed by atoms with Crippen LogP contribution in [0.2, 0.25) is 0 Å². The van der Waals surface area contributed by atoms with Gasteiger partial charge in [0.2, 0.25) is 0 Å². The van der Waals surface area contributed by atoms with Crippen LogP contribution in [-0.4, -0.2) is 37.2 Å². The van der Waals surface area contributed by atoms with E-state index in [2.05, 4.69) is 81.5 Å². The molecular formula is C55H96O6. The molecule has 0 radical (unpaired) electrons. The van der Waals surface area contributed by atoms with Gasteiger partial charge in [-0.05, 0) is 83.5 Å². The molecule has 0 bridgehead atoms. The van der Waals surface area contributed by atoms with Crippen molar-refractivity contribution in [3.8, 4) is 0 Å². The Kier molecular flexibility index (Phi) is 47.4. The summed E-state index contributed by atoms with van der Waals surface area (Å²) in [4.78, 5) is 37.9. The highest BCUT2D eigenvalue weighted by molar-refractivity contribution is 5.71. The molecule has 1 unspecified atom stereocenters. The van der Waals surface area contributed by atoms with E-state index in [9.17, 15) is 14.4 Å². The molecule has 1 atom stereocenters. The molecule has 0 aliphatic carbocycles. The monoisotopic (exact) mass is 853 g/mol. The highest BCUT2D eigenvalue weighted by atomic mass is 16.6. The number of esters is 3. The maximum absolute atomic E-state index is 12.8. The normalized spacial score (nSPS) is 12.5. The molecule has 0 aromatic heterocycles. The number of carbonyl (C=O) groups excluding carboxylic acids is 3. The summed E-state index contributed by atoms with van der Waals surface area (Å²) >= 11 is 0. The first-order chi connectivity index (χ1) is 30.0. The third kappa shape index (κ3) is 48.0. The zero-order valence-corrected chi connectivity index (χ0v) is 40.2. The molecule has 0 aromatic carbocycles. The average molecular weight is 853 g/mol. The van der Waals surface area contributed by atoms with Crippen molar-refractivity contribution >= 4 is 17.9 Å². The van der Waals surface area contributed by atoms with Gasteiger partial charge in [0.05, 0.1) is 0 Å². The first kappa shape index (κ1) is 58.1. The second kappa shape index (κ2) is 49.8. The van der Waals surface area contributed by atoms with E-state index in [-0.39, 0.29) is 31.1 Å². The molecular weight excluding hydrogens is 757 g/mol. The standard InChI is InChI=1S/C55H96O6/c1-4-7-10-13-16-19-22-25-27-28-29-31-33-36-39-42-45-48-54(57)60-51-52(50-59-53(56)47-44-41-38-35-32-24-21-18-15-12-9-6-3)61-55(58)49-46-43-40-37-34-30-26-23-20-17-14-11-8-5-2/h8,11,16-17,19-20,25-27,30,52H,4-7,9-10,12-15,18,21-24,28-29,31-51H2,1-3H3/b11-8-,19-16-,20-17-,27-25-,30-26-. The van der Waals surface area contributed by atoms with Crippen molar-refractivity contribution < 1.29 is 28.6 Å². The molecule has 0 aliphatic rings. The summed E-state index contributed by atoms with van der Waals surface area (Å²) in [5, 5.41) is 0. The third-order valence-corrected chi connectivity index (χ3v) is 11.0. The molecule has 0 amide bonds. The largest absolute Gasteiger partial charge is 0.462 e. The number of allylic oxidation sites excluding steroid dienone is 10. The van der Waals surface area contributed by atoms with Crippen molar-refractivity contribution in [2.24, 2.45) is 0 Å². The minimum Gasteiger partial charge on any atom is -0.462 e. The van der Waals surface area contributed by atoms with Crippen LogP contribution in [0.1, 0.15) is 252 Å². The number of unbranched alkanes of at least 4 members (excludes halogenated alkanes) is 25. The van der Waals surface area contributed by atoms with Gasteiger partial charge in [0, 0.05) is 19.3 Å². The summed E-state index contributed by atoms with van der Waals surface area (Å²) in [6.07, 6.45) is 60.6. The van der Waals surface area contributed by atoms with Crippen LogP contribution in [0, 0.1) is 0 Å². The second-order valence-electron chi connectivity index (χ2n) is 17.1. The number of hydrogen-bond acceptors (Lipinski definition) is 6. The maximum atomic E-state index is 12.8. The van der Waals surface area contributed by atoms with Gasteiger partial charge in [0.1, 0.15) is 13.2 Å². The van der Waals surface area contributed by atoms with Crippen molar-refractivity contribution in [3.05, 3.63) is 60.8 Å². The molecule has 6 nitrogen and oxygen atoms in total. The van der Waals surface area contributed by atoms with Crippen LogP contribution in [-0.2, 0) is 28.6 Å². The molecule has 0 N–H and O–H groups in total. The topological polar surface area (TPSA) is 78.9 Å². The minimum atomic E-state index is -0.786. The summed E-state index contributed by atoms with van der Waals surface area (Å²) in [7, 11) is 0. The lowest BCUT2D eigenvalue weighted by atomic mass is 10.0. The SMILES string of the molecule is CC/C=C\C/C=C\C/C=C\CCCCCCC(=O)OC(COC(=O)CCCCCCCCC/C=C\C/C=C\CCCCC)COC(=O)CCCCCCCCCCCCCC. The van der Waals surface area contributed by atoms with Gasteiger partial charge in [-0.1, -0.05) is 210 Å². The number of hydrogen-bond donors (Lipinski definition) is 0.